The molecule has 1 amide bonds. The van der Waals surface area contributed by atoms with E-state index < -0.39 is 0 Å². The zero-order valence-electron chi connectivity index (χ0n) is 18.1. The Morgan fingerprint density at radius 1 is 0.926 bits per heavy atom. The average molecular weight is 382 g/mol. The van der Waals surface area contributed by atoms with Crippen molar-refractivity contribution in [3.8, 4) is 0 Å². The van der Waals surface area contributed by atoms with Crippen LogP contribution in [0.15, 0.2) is 0 Å². The highest BCUT2D eigenvalue weighted by Crippen LogP contribution is 2.28. The first-order chi connectivity index (χ1) is 13.2. The van der Waals surface area contributed by atoms with E-state index >= 15 is 0 Å². The van der Waals surface area contributed by atoms with Gasteiger partial charge in [0.2, 0.25) is 5.91 Å². The minimum Gasteiger partial charge on any atom is -0.467 e. The monoisotopic (exact) mass is 381 g/mol. The molecular weight excluding hydrogens is 338 g/mol. The maximum absolute atomic E-state index is 12.5. The quantitative estimate of drug-likeness (QED) is 0.242. The summed E-state index contributed by atoms with van der Waals surface area (Å²) < 4.78 is 4.97. The summed E-state index contributed by atoms with van der Waals surface area (Å²) in [7, 11) is 1.43. The van der Waals surface area contributed by atoms with Gasteiger partial charge in [0, 0.05) is 12.5 Å². The molecule has 0 aliphatic carbocycles. The Kier molecular flexibility index (Phi) is 13.3. The highest BCUT2D eigenvalue weighted by Gasteiger charge is 2.40. The molecule has 1 aliphatic heterocycles. The number of nitrogens with zero attached hydrogens (tertiary/aromatic N) is 1. The van der Waals surface area contributed by atoms with Crippen molar-refractivity contribution in [1.82, 2.24) is 4.90 Å². The fourth-order valence-corrected chi connectivity index (χ4v) is 4.27. The Morgan fingerprint density at radius 3 is 1.89 bits per heavy atom. The van der Waals surface area contributed by atoms with E-state index in [4.69, 9.17) is 4.74 Å². The van der Waals surface area contributed by atoms with Crippen LogP contribution in [0.4, 0.5) is 0 Å². The van der Waals surface area contributed by atoms with Crippen molar-refractivity contribution in [2.75, 3.05) is 7.11 Å². The molecule has 1 atom stereocenters. The normalized spacial score (nSPS) is 17.1. The van der Waals surface area contributed by atoms with Crippen LogP contribution < -0.4 is 0 Å². The molecule has 1 fully saturated rings. The lowest BCUT2D eigenvalue weighted by molar-refractivity contribution is -0.151. The molecular formula is C23H43NO3. The summed E-state index contributed by atoms with van der Waals surface area (Å²) in [6.45, 7) is 4.48. The van der Waals surface area contributed by atoms with Gasteiger partial charge in [-0.05, 0) is 19.3 Å². The summed E-state index contributed by atoms with van der Waals surface area (Å²) in [5, 5.41) is 0. The van der Waals surface area contributed by atoms with Crippen molar-refractivity contribution < 1.29 is 14.3 Å². The number of likely N-dealkylation sites (tertiary alicyclic amines) is 1. The number of rotatable bonds is 16. The summed E-state index contributed by atoms with van der Waals surface area (Å²) in [4.78, 5) is 26.6. The van der Waals surface area contributed by atoms with Crippen LogP contribution in [0.5, 0.6) is 0 Å². The molecule has 0 aromatic carbocycles. The van der Waals surface area contributed by atoms with Gasteiger partial charge in [-0.1, -0.05) is 90.9 Å². The Labute approximate surface area is 167 Å². The van der Waals surface area contributed by atoms with Gasteiger partial charge in [0.1, 0.15) is 6.04 Å². The first-order valence-electron chi connectivity index (χ1n) is 11.5. The Bertz CT molecular complexity index is 394. The van der Waals surface area contributed by atoms with E-state index in [9.17, 15) is 9.59 Å². The average Bonchev–Trinajstić information content (AvgIpc) is 3.06. The van der Waals surface area contributed by atoms with Gasteiger partial charge in [-0.2, -0.15) is 0 Å². The number of carbonyl (C=O) groups is 2. The number of unbranched alkanes of at least 4 members (excludes halogenated alkanes) is 10. The van der Waals surface area contributed by atoms with Crippen LogP contribution in [0.3, 0.4) is 0 Å². The maximum Gasteiger partial charge on any atom is 0.328 e. The molecule has 1 rings (SSSR count). The zero-order valence-corrected chi connectivity index (χ0v) is 18.1. The number of carbonyl (C=O) groups excluding carboxylic acids is 2. The lowest BCUT2D eigenvalue weighted by atomic mass is 9.98. The van der Waals surface area contributed by atoms with Crippen molar-refractivity contribution >= 4 is 11.9 Å². The molecule has 0 bridgehead atoms. The van der Waals surface area contributed by atoms with Gasteiger partial charge in [0.25, 0.3) is 0 Å². The third kappa shape index (κ3) is 9.12. The number of methoxy groups -OCH3 is 1. The van der Waals surface area contributed by atoms with Gasteiger partial charge in [-0.25, -0.2) is 4.79 Å². The molecule has 0 N–H and O–H groups in total. The summed E-state index contributed by atoms with van der Waals surface area (Å²) in [6, 6.07) is -0.144. The van der Waals surface area contributed by atoms with E-state index in [0.717, 1.165) is 25.7 Å². The molecule has 4 heteroatoms. The van der Waals surface area contributed by atoms with Crippen LogP contribution in [0.2, 0.25) is 0 Å². The van der Waals surface area contributed by atoms with Gasteiger partial charge in [-0.3, -0.25) is 4.79 Å². The molecule has 158 valence electrons. The highest BCUT2D eigenvalue weighted by molar-refractivity contribution is 5.88. The van der Waals surface area contributed by atoms with E-state index in [0.29, 0.717) is 12.8 Å². The van der Waals surface area contributed by atoms with E-state index in [-0.39, 0.29) is 24.0 Å². The molecule has 4 nitrogen and oxygen atoms in total. The lowest BCUT2D eigenvalue weighted by Gasteiger charge is -2.32. The minimum atomic E-state index is -0.354. The van der Waals surface area contributed by atoms with E-state index in [1.807, 2.05) is 4.90 Å². The maximum atomic E-state index is 12.5. The minimum absolute atomic E-state index is 0.146. The molecule has 0 radical (unpaired) electrons. The molecule has 1 aliphatic rings. The molecule has 0 spiro atoms. The van der Waals surface area contributed by atoms with Gasteiger partial charge < -0.3 is 9.64 Å². The fourth-order valence-electron chi connectivity index (χ4n) is 4.27. The number of hydrogen-bond donors (Lipinski definition) is 0. The largest absolute Gasteiger partial charge is 0.467 e. The van der Waals surface area contributed by atoms with Crippen molar-refractivity contribution in [2.24, 2.45) is 0 Å². The van der Waals surface area contributed by atoms with Gasteiger partial charge >= 0.3 is 5.97 Å². The predicted molar refractivity (Wildman–Crippen MR) is 112 cm³/mol. The van der Waals surface area contributed by atoms with E-state index in [1.165, 1.54) is 71.3 Å². The van der Waals surface area contributed by atoms with Crippen LogP contribution in [-0.2, 0) is 14.3 Å². The van der Waals surface area contributed by atoms with E-state index in [2.05, 4.69) is 13.8 Å². The molecule has 1 heterocycles. The Hall–Kier alpha value is -1.06. The predicted octanol–water partition coefficient (Wildman–Crippen LogP) is 6.02. The summed E-state index contributed by atoms with van der Waals surface area (Å²) >= 11 is 0. The lowest BCUT2D eigenvalue weighted by Crippen LogP contribution is -2.46. The third-order valence-electron chi connectivity index (χ3n) is 5.90. The topological polar surface area (TPSA) is 46.6 Å². The van der Waals surface area contributed by atoms with Gasteiger partial charge in [-0.15, -0.1) is 0 Å². The first-order valence-corrected chi connectivity index (χ1v) is 11.5. The molecule has 1 saturated heterocycles. The second-order valence-electron chi connectivity index (χ2n) is 8.15. The molecule has 0 saturated carbocycles. The second kappa shape index (κ2) is 14.9. The van der Waals surface area contributed by atoms with Crippen LogP contribution >= 0.6 is 0 Å². The highest BCUT2D eigenvalue weighted by atomic mass is 16.5. The number of amides is 1. The summed E-state index contributed by atoms with van der Waals surface area (Å²) in [6.07, 6.45) is 18.3. The van der Waals surface area contributed by atoms with Gasteiger partial charge in [0.05, 0.1) is 7.11 Å². The van der Waals surface area contributed by atoms with E-state index in [1.54, 1.807) is 0 Å². The Morgan fingerprint density at radius 2 is 1.41 bits per heavy atom. The van der Waals surface area contributed by atoms with Gasteiger partial charge in [0.15, 0.2) is 0 Å². The summed E-state index contributed by atoms with van der Waals surface area (Å²) in [5.74, 6) is -0.0934. The number of esters is 1. The molecule has 27 heavy (non-hydrogen) atoms. The van der Waals surface area contributed by atoms with Crippen molar-refractivity contribution in [1.29, 1.82) is 0 Å². The smallest absolute Gasteiger partial charge is 0.328 e. The van der Waals surface area contributed by atoms with Crippen molar-refractivity contribution in [3.63, 3.8) is 0 Å². The fraction of sp³-hybridized carbons (Fsp3) is 0.913. The standard InChI is InChI=1S/C23H43NO3/c1-4-6-8-10-12-14-16-20(17-15-13-11-9-7-5-2)24-21(23(26)27-3)18-19-22(24)25/h20-21H,4-19H2,1-3H3. The zero-order chi connectivity index (χ0) is 19.9. The summed E-state index contributed by atoms with van der Waals surface area (Å²) in [5.41, 5.74) is 0. The third-order valence-corrected chi connectivity index (χ3v) is 5.90. The molecule has 1 unspecified atom stereocenters. The second-order valence-corrected chi connectivity index (χ2v) is 8.15. The van der Waals surface area contributed by atoms with Crippen LogP contribution in [0.1, 0.15) is 117 Å². The Balaban J connectivity index is 2.54. The van der Waals surface area contributed by atoms with Crippen LogP contribution in [0, 0.1) is 0 Å². The van der Waals surface area contributed by atoms with Crippen molar-refractivity contribution in [2.45, 2.75) is 129 Å². The van der Waals surface area contributed by atoms with Crippen LogP contribution in [-0.4, -0.2) is 36.0 Å². The first kappa shape index (κ1) is 24.0. The molecule has 0 aromatic heterocycles. The number of hydrogen-bond acceptors (Lipinski definition) is 3. The van der Waals surface area contributed by atoms with Crippen LogP contribution in [0.25, 0.3) is 0 Å². The SMILES string of the molecule is CCCCCCCCC(CCCCCCCC)N1C(=O)CCC1C(=O)OC. The van der Waals surface area contributed by atoms with Crippen molar-refractivity contribution in [3.05, 3.63) is 0 Å². The number of ether oxygens (including phenoxy) is 1. The molecule has 0 aromatic rings.